The fourth-order valence-electron chi connectivity index (χ4n) is 4.06. The predicted octanol–water partition coefficient (Wildman–Crippen LogP) is 2.37. The molecule has 154 valence electrons. The molecule has 29 heavy (non-hydrogen) atoms. The van der Waals surface area contributed by atoms with Crippen LogP contribution in [0.4, 0.5) is 0 Å². The van der Waals surface area contributed by atoms with Crippen LogP contribution in [0.3, 0.4) is 0 Å². The molecule has 3 heterocycles. The van der Waals surface area contributed by atoms with E-state index in [4.69, 9.17) is 4.74 Å². The fraction of sp³-hybridized carbons (Fsp3) is 0.500. The van der Waals surface area contributed by atoms with E-state index >= 15 is 0 Å². The molecule has 0 spiro atoms. The predicted molar refractivity (Wildman–Crippen MR) is 109 cm³/mol. The maximum Gasteiger partial charge on any atom is 0.287 e. The van der Waals surface area contributed by atoms with Gasteiger partial charge in [0.1, 0.15) is 5.69 Å². The minimum Gasteiger partial charge on any atom is -0.376 e. The highest BCUT2D eigenvalue weighted by molar-refractivity contribution is 5.97. The number of nitrogens with one attached hydrogen (secondary N) is 2. The van der Waals surface area contributed by atoms with Gasteiger partial charge in [0.15, 0.2) is 5.82 Å². The molecular weight excluding hydrogens is 368 g/mol. The summed E-state index contributed by atoms with van der Waals surface area (Å²) in [6.45, 7) is 4.42. The van der Waals surface area contributed by atoms with Crippen molar-refractivity contribution < 1.29 is 14.3 Å². The second-order valence-corrected chi connectivity index (χ2v) is 7.79. The summed E-state index contributed by atoms with van der Waals surface area (Å²) in [6.07, 6.45) is 4.82. The van der Waals surface area contributed by atoms with Crippen molar-refractivity contribution in [3.8, 4) is 0 Å². The number of amides is 2. The molecule has 2 aliphatic heterocycles. The Bertz CT molecular complexity index is 899. The van der Waals surface area contributed by atoms with Crippen molar-refractivity contribution in [1.82, 2.24) is 20.2 Å². The molecule has 1 saturated heterocycles. The maximum absolute atomic E-state index is 12.9. The summed E-state index contributed by atoms with van der Waals surface area (Å²) in [5.41, 5.74) is 3.44. The number of imidazole rings is 1. The van der Waals surface area contributed by atoms with Gasteiger partial charge in [0.2, 0.25) is 0 Å². The van der Waals surface area contributed by atoms with Crippen LogP contribution in [-0.4, -0.2) is 40.6 Å². The third-order valence-electron chi connectivity index (χ3n) is 5.75. The van der Waals surface area contributed by atoms with E-state index in [0.717, 1.165) is 62.1 Å². The van der Waals surface area contributed by atoms with Crippen LogP contribution in [0.2, 0.25) is 0 Å². The van der Waals surface area contributed by atoms with Gasteiger partial charge in [0, 0.05) is 26.2 Å². The number of benzene rings is 1. The van der Waals surface area contributed by atoms with Crippen molar-refractivity contribution >= 4 is 11.8 Å². The summed E-state index contributed by atoms with van der Waals surface area (Å²) in [5.74, 6) is -0.127. The Kier molecular flexibility index (Phi) is 5.94. The second-order valence-electron chi connectivity index (χ2n) is 7.79. The number of carbonyl (C=O) groups excluding carboxylic acids is 2. The highest BCUT2D eigenvalue weighted by atomic mass is 16.5. The molecule has 2 aromatic rings. The molecular formula is C22H28N4O3. The topological polar surface area (TPSA) is 85.2 Å². The van der Waals surface area contributed by atoms with Gasteiger partial charge >= 0.3 is 0 Å². The highest BCUT2D eigenvalue weighted by Crippen LogP contribution is 2.21. The number of rotatable bonds is 6. The molecule has 1 aromatic heterocycles. The van der Waals surface area contributed by atoms with Gasteiger partial charge < -0.3 is 19.9 Å². The number of fused-ring (bicyclic) bond motifs is 1. The molecule has 1 unspecified atom stereocenters. The van der Waals surface area contributed by atoms with Crippen LogP contribution >= 0.6 is 0 Å². The van der Waals surface area contributed by atoms with E-state index in [2.05, 4.69) is 15.6 Å². The summed E-state index contributed by atoms with van der Waals surface area (Å²) in [4.78, 5) is 30.1. The largest absolute Gasteiger partial charge is 0.376 e. The Morgan fingerprint density at radius 1 is 1.17 bits per heavy atom. The van der Waals surface area contributed by atoms with E-state index in [-0.39, 0.29) is 17.9 Å². The zero-order valence-corrected chi connectivity index (χ0v) is 16.9. The first-order chi connectivity index (χ1) is 14.1. The highest BCUT2D eigenvalue weighted by Gasteiger charge is 2.28. The van der Waals surface area contributed by atoms with Gasteiger partial charge in [-0.15, -0.1) is 0 Å². The zero-order chi connectivity index (χ0) is 20.2. The lowest BCUT2D eigenvalue weighted by Gasteiger charge is -2.17. The molecule has 0 radical (unpaired) electrons. The van der Waals surface area contributed by atoms with Gasteiger partial charge in [-0.25, -0.2) is 4.98 Å². The number of hydrogen-bond acceptors (Lipinski definition) is 4. The number of ether oxygens (including phenoxy) is 1. The summed E-state index contributed by atoms with van der Waals surface area (Å²) in [5, 5.41) is 5.90. The van der Waals surface area contributed by atoms with Crippen LogP contribution in [0, 0.1) is 6.92 Å². The molecule has 7 heteroatoms. The first-order valence-corrected chi connectivity index (χ1v) is 10.5. The average molecular weight is 396 g/mol. The summed E-state index contributed by atoms with van der Waals surface area (Å²) in [6, 6.07) is 7.97. The molecule has 0 saturated carbocycles. The maximum atomic E-state index is 12.9. The SMILES string of the molecule is Cc1ccccc1CNC(=O)c1nc(C(=O)NCC2CCCO2)n2c1CCCC2. The molecule has 0 bridgehead atoms. The van der Waals surface area contributed by atoms with Gasteiger partial charge in [-0.05, 0) is 50.2 Å². The first kappa shape index (κ1) is 19.6. The third kappa shape index (κ3) is 4.34. The number of aromatic nitrogens is 2. The van der Waals surface area contributed by atoms with Gasteiger partial charge in [-0.1, -0.05) is 24.3 Å². The minimum atomic E-state index is -0.235. The minimum absolute atomic E-state index is 0.0756. The molecule has 4 rings (SSSR count). The monoisotopic (exact) mass is 396 g/mol. The van der Waals surface area contributed by atoms with Crippen molar-refractivity contribution in [1.29, 1.82) is 0 Å². The van der Waals surface area contributed by atoms with E-state index in [1.165, 1.54) is 0 Å². The molecule has 2 amide bonds. The van der Waals surface area contributed by atoms with E-state index in [1.54, 1.807) is 0 Å². The van der Waals surface area contributed by atoms with E-state index in [9.17, 15) is 9.59 Å². The summed E-state index contributed by atoms with van der Waals surface area (Å²) < 4.78 is 7.49. The average Bonchev–Trinajstić information content (AvgIpc) is 3.39. The molecule has 2 aliphatic rings. The Labute approximate surface area is 170 Å². The lowest BCUT2D eigenvalue weighted by atomic mass is 10.1. The number of aryl methyl sites for hydroxylation is 1. The van der Waals surface area contributed by atoms with Crippen LogP contribution in [0.25, 0.3) is 0 Å². The van der Waals surface area contributed by atoms with Crippen LogP contribution in [-0.2, 0) is 24.2 Å². The molecule has 1 atom stereocenters. The Morgan fingerprint density at radius 2 is 2.03 bits per heavy atom. The van der Waals surface area contributed by atoms with Crippen LogP contribution in [0.5, 0.6) is 0 Å². The van der Waals surface area contributed by atoms with E-state index in [1.807, 2.05) is 35.8 Å². The van der Waals surface area contributed by atoms with Gasteiger partial charge in [-0.3, -0.25) is 9.59 Å². The Balaban J connectivity index is 1.48. The lowest BCUT2D eigenvalue weighted by Crippen LogP contribution is -2.34. The Hall–Kier alpha value is -2.67. The molecule has 0 aliphatic carbocycles. The second kappa shape index (κ2) is 8.78. The zero-order valence-electron chi connectivity index (χ0n) is 16.9. The van der Waals surface area contributed by atoms with Crippen molar-refractivity contribution in [3.05, 3.63) is 52.6 Å². The summed E-state index contributed by atoms with van der Waals surface area (Å²) in [7, 11) is 0. The van der Waals surface area contributed by atoms with Gasteiger partial charge in [-0.2, -0.15) is 0 Å². The quantitative estimate of drug-likeness (QED) is 0.785. The fourth-order valence-corrected chi connectivity index (χ4v) is 4.06. The van der Waals surface area contributed by atoms with Gasteiger partial charge in [0.25, 0.3) is 11.8 Å². The summed E-state index contributed by atoms with van der Waals surface area (Å²) >= 11 is 0. The lowest BCUT2D eigenvalue weighted by molar-refractivity contribution is 0.0845. The van der Waals surface area contributed by atoms with E-state index < -0.39 is 0 Å². The number of nitrogens with zero attached hydrogens (tertiary/aromatic N) is 2. The standard InChI is InChI=1S/C22H28N4O3/c1-15-7-2-3-8-16(15)13-23-21(27)19-18-10-4-5-11-26(18)20(25-19)22(28)24-14-17-9-6-12-29-17/h2-3,7-8,17H,4-6,9-14H2,1H3,(H,23,27)(H,24,28). The third-order valence-corrected chi connectivity index (χ3v) is 5.75. The van der Waals surface area contributed by atoms with Crippen LogP contribution < -0.4 is 10.6 Å². The van der Waals surface area contributed by atoms with Crippen LogP contribution in [0.1, 0.15) is 63.6 Å². The number of hydrogen-bond donors (Lipinski definition) is 2. The van der Waals surface area contributed by atoms with Crippen LogP contribution in [0.15, 0.2) is 24.3 Å². The molecule has 1 aromatic carbocycles. The Morgan fingerprint density at radius 3 is 2.83 bits per heavy atom. The van der Waals surface area contributed by atoms with Crippen molar-refractivity contribution in [3.63, 3.8) is 0 Å². The van der Waals surface area contributed by atoms with Crippen molar-refractivity contribution in [2.45, 2.75) is 58.2 Å². The molecule has 2 N–H and O–H groups in total. The normalized spacial score (nSPS) is 18.3. The smallest absolute Gasteiger partial charge is 0.287 e. The number of carbonyl (C=O) groups is 2. The van der Waals surface area contributed by atoms with Crippen molar-refractivity contribution in [2.75, 3.05) is 13.2 Å². The molecule has 7 nitrogen and oxygen atoms in total. The van der Waals surface area contributed by atoms with E-state index in [0.29, 0.717) is 24.6 Å². The van der Waals surface area contributed by atoms with Gasteiger partial charge in [0.05, 0.1) is 11.8 Å². The first-order valence-electron chi connectivity index (χ1n) is 10.5. The molecule has 1 fully saturated rings. The van der Waals surface area contributed by atoms with Crippen molar-refractivity contribution in [2.24, 2.45) is 0 Å².